The Morgan fingerprint density at radius 2 is 2.47 bits per heavy atom. The van der Waals surface area contributed by atoms with Gasteiger partial charge in [-0.3, -0.25) is 0 Å². The predicted molar refractivity (Wildman–Crippen MR) is 64.1 cm³/mol. The van der Waals surface area contributed by atoms with Crippen molar-refractivity contribution in [3.05, 3.63) is 28.8 Å². The molecule has 0 fully saturated rings. The Hall–Kier alpha value is -1.89. The molecule has 0 bridgehead atoms. The van der Waals surface area contributed by atoms with Crippen LogP contribution in [0.3, 0.4) is 0 Å². The van der Waals surface area contributed by atoms with Gasteiger partial charge in [0.2, 0.25) is 0 Å². The van der Waals surface area contributed by atoms with Crippen molar-refractivity contribution in [3.8, 4) is 0 Å². The van der Waals surface area contributed by atoms with E-state index < -0.39 is 5.97 Å². The van der Waals surface area contributed by atoms with Gasteiger partial charge in [-0.05, 0) is 6.92 Å². The average Bonchev–Trinajstić information content (AvgIpc) is 2.94. The number of H-pyrrole nitrogens is 1. The third-order valence-electron chi connectivity index (χ3n) is 2.16. The Kier molecular flexibility index (Phi) is 3.38. The Bertz CT molecular complexity index is 506. The number of hydrogen-bond donors (Lipinski definition) is 2. The van der Waals surface area contributed by atoms with Crippen LogP contribution in [0.2, 0.25) is 0 Å². The standard InChI is InChI=1S/C10H12N4O2S/c1-6-8(9(15)16-2)14-10(17-6)12-4-7-3-11-5-13-7/h3,5H,4H2,1-2H3,(H,11,13)(H,12,14). The Labute approximate surface area is 102 Å². The third-order valence-corrected chi connectivity index (χ3v) is 3.09. The minimum atomic E-state index is -0.409. The summed E-state index contributed by atoms with van der Waals surface area (Å²) in [6, 6.07) is 0. The van der Waals surface area contributed by atoms with Crippen LogP contribution in [0.15, 0.2) is 12.5 Å². The van der Waals surface area contributed by atoms with E-state index in [1.54, 1.807) is 12.5 Å². The van der Waals surface area contributed by atoms with Crippen LogP contribution in [0, 0.1) is 6.92 Å². The number of aromatic nitrogens is 3. The van der Waals surface area contributed by atoms with Gasteiger partial charge in [0.1, 0.15) is 0 Å². The van der Waals surface area contributed by atoms with E-state index in [1.807, 2.05) is 6.92 Å². The van der Waals surface area contributed by atoms with E-state index >= 15 is 0 Å². The van der Waals surface area contributed by atoms with Crippen molar-refractivity contribution < 1.29 is 9.53 Å². The summed E-state index contributed by atoms with van der Waals surface area (Å²) in [5.74, 6) is -0.409. The highest BCUT2D eigenvalue weighted by atomic mass is 32.1. The fraction of sp³-hybridized carbons (Fsp3) is 0.300. The van der Waals surface area contributed by atoms with E-state index in [0.29, 0.717) is 17.4 Å². The highest BCUT2D eigenvalue weighted by Crippen LogP contribution is 2.22. The SMILES string of the molecule is COC(=O)c1nc(NCc2cnc[nH]2)sc1C. The van der Waals surface area contributed by atoms with E-state index in [9.17, 15) is 4.79 Å². The number of carbonyl (C=O) groups excluding carboxylic acids is 1. The fourth-order valence-electron chi connectivity index (χ4n) is 1.31. The smallest absolute Gasteiger partial charge is 0.357 e. The zero-order valence-electron chi connectivity index (χ0n) is 9.48. The number of rotatable bonds is 4. The van der Waals surface area contributed by atoms with Crippen molar-refractivity contribution in [2.24, 2.45) is 0 Å². The maximum atomic E-state index is 11.4. The summed E-state index contributed by atoms with van der Waals surface area (Å²) in [5, 5.41) is 3.81. The topological polar surface area (TPSA) is 79.9 Å². The molecule has 0 aliphatic rings. The van der Waals surface area contributed by atoms with Crippen molar-refractivity contribution in [3.63, 3.8) is 0 Å². The van der Waals surface area contributed by atoms with Crippen molar-refractivity contribution in [1.82, 2.24) is 15.0 Å². The summed E-state index contributed by atoms with van der Waals surface area (Å²) < 4.78 is 4.64. The molecule has 6 nitrogen and oxygen atoms in total. The van der Waals surface area contributed by atoms with Crippen molar-refractivity contribution >= 4 is 22.4 Å². The van der Waals surface area contributed by atoms with Crippen LogP contribution < -0.4 is 5.32 Å². The molecule has 0 aromatic carbocycles. The molecular weight excluding hydrogens is 240 g/mol. The molecule has 0 spiro atoms. The number of imidazole rings is 1. The maximum absolute atomic E-state index is 11.4. The quantitative estimate of drug-likeness (QED) is 0.807. The number of esters is 1. The van der Waals surface area contributed by atoms with Gasteiger partial charge in [-0.1, -0.05) is 0 Å². The molecule has 0 saturated carbocycles. The molecular formula is C10H12N4O2S. The summed E-state index contributed by atoms with van der Waals surface area (Å²) in [6.45, 7) is 2.43. The molecule has 0 atom stereocenters. The van der Waals surface area contributed by atoms with Crippen LogP contribution in [-0.2, 0) is 11.3 Å². The molecule has 0 aliphatic heterocycles. The first kappa shape index (κ1) is 11.6. The normalized spacial score (nSPS) is 10.2. The van der Waals surface area contributed by atoms with Gasteiger partial charge >= 0.3 is 5.97 Å². The molecule has 2 aromatic rings. The number of thiazole rings is 1. The van der Waals surface area contributed by atoms with Gasteiger partial charge in [-0.2, -0.15) is 0 Å². The van der Waals surface area contributed by atoms with Crippen molar-refractivity contribution in [1.29, 1.82) is 0 Å². The number of ether oxygens (including phenoxy) is 1. The number of nitrogens with one attached hydrogen (secondary N) is 2. The van der Waals surface area contributed by atoms with Crippen LogP contribution in [-0.4, -0.2) is 28.0 Å². The molecule has 2 N–H and O–H groups in total. The number of anilines is 1. The van der Waals surface area contributed by atoms with E-state index in [2.05, 4.69) is 25.0 Å². The minimum Gasteiger partial charge on any atom is -0.464 e. The first-order valence-corrected chi connectivity index (χ1v) is 5.79. The highest BCUT2D eigenvalue weighted by molar-refractivity contribution is 7.15. The Morgan fingerprint density at radius 1 is 1.65 bits per heavy atom. The summed E-state index contributed by atoms with van der Waals surface area (Å²) in [7, 11) is 1.35. The van der Waals surface area contributed by atoms with Gasteiger partial charge in [-0.25, -0.2) is 14.8 Å². The zero-order valence-corrected chi connectivity index (χ0v) is 10.3. The molecule has 17 heavy (non-hydrogen) atoms. The molecule has 0 radical (unpaired) electrons. The minimum absolute atomic E-state index is 0.365. The zero-order chi connectivity index (χ0) is 12.3. The second-order valence-corrected chi connectivity index (χ2v) is 4.55. The largest absolute Gasteiger partial charge is 0.464 e. The number of aromatic amines is 1. The van der Waals surface area contributed by atoms with Gasteiger partial charge in [0.15, 0.2) is 10.8 Å². The van der Waals surface area contributed by atoms with Gasteiger partial charge in [0, 0.05) is 11.1 Å². The third kappa shape index (κ3) is 2.62. The molecule has 90 valence electrons. The molecule has 0 amide bonds. The molecule has 0 aliphatic carbocycles. The first-order valence-electron chi connectivity index (χ1n) is 4.97. The Morgan fingerprint density at radius 3 is 3.12 bits per heavy atom. The van der Waals surface area contributed by atoms with Crippen molar-refractivity contribution in [2.75, 3.05) is 12.4 Å². The van der Waals surface area contributed by atoms with Crippen LogP contribution in [0.4, 0.5) is 5.13 Å². The predicted octanol–water partition coefficient (Wildman–Crippen LogP) is 1.57. The number of aryl methyl sites for hydroxylation is 1. The molecule has 7 heteroatoms. The lowest BCUT2D eigenvalue weighted by Gasteiger charge is -1.98. The van der Waals surface area contributed by atoms with Crippen molar-refractivity contribution in [2.45, 2.75) is 13.5 Å². The van der Waals surface area contributed by atoms with Gasteiger partial charge < -0.3 is 15.0 Å². The van der Waals surface area contributed by atoms with E-state index in [1.165, 1.54) is 18.4 Å². The number of hydrogen-bond acceptors (Lipinski definition) is 6. The fourth-order valence-corrected chi connectivity index (χ4v) is 2.11. The number of nitrogens with zero attached hydrogens (tertiary/aromatic N) is 2. The van der Waals surface area contributed by atoms with E-state index in [-0.39, 0.29) is 0 Å². The monoisotopic (exact) mass is 252 g/mol. The van der Waals surface area contributed by atoms with Gasteiger partial charge in [0.25, 0.3) is 0 Å². The van der Waals surface area contributed by atoms with Gasteiger partial charge in [0.05, 0.1) is 25.7 Å². The summed E-state index contributed by atoms with van der Waals surface area (Å²) in [6.07, 6.45) is 3.35. The van der Waals surface area contributed by atoms with E-state index in [4.69, 9.17) is 0 Å². The highest BCUT2D eigenvalue weighted by Gasteiger charge is 2.15. The van der Waals surface area contributed by atoms with Crippen LogP contribution >= 0.6 is 11.3 Å². The Balaban J connectivity index is 2.05. The molecule has 2 aromatic heterocycles. The summed E-state index contributed by atoms with van der Waals surface area (Å²) in [5.41, 5.74) is 1.32. The van der Waals surface area contributed by atoms with E-state index in [0.717, 1.165) is 10.6 Å². The van der Waals surface area contributed by atoms with Crippen LogP contribution in [0.5, 0.6) is 0 Å². The van der Waals surface area contributed by atoms with Gasteiger partial charge in [-0.15, -0.1) is 11.3 Å². The second kappa shape index (κ2) is 4.96. The first-order chi connectivity index (χ1) is 8.20. The number of carbonyl (C=O) groups is 1. The second-order valence-electron chi connectivity index (χ2n) is 3.35. The maximum Gasteiger partial charge on any atom is 0.357 e. The van der Waals surface area contributed by atoms with Crippen LogP contribution in [0.1, 0.15) is 21.1 Å². The molecule has 0 saturated heterocycles. The number of methoxy groups -OCH3 is 1. The lowest BCUT2D eigenvalue weighted by atomic mass is 10.4. The molecule has 2 rings (SSSR count). The summed E-state index contributed by atoms with van der Waals surface area (Å²) >= 11 is 1.42. The summed E-state index contributed by atoms with van der Waals surface area (Å²) in [4.78, 5) is 23.3. The lowest BCUT2D eigenvalue weighted by molar-refractivity contribution is 0.0594. The van der Waals surface area contributed by atoms with Crippen LogP contribution in [0.25, 0.3) is 0 Å². The lowest BCUT2D eigenvalue weighted by Crippen LogP contribution is -2.04. The molecule has 0 unspecified atom stereocenters. The average molecular weight is 252 g/mol. The molecule has 2 heterocycles.